The number of rotatable bonds is 44. The van der Waals surface area contributed by atoms with E-state index in [0.717, 1.165) is 28.6 Å². The van der Waals surface area contributed by atoms with Crippen molar-refractivity contribution in [3.63, 3.8) is 0 Å². The molecule has 0 spiro atoms. The molecule has 16 N–H and O–H groups in total. The summed E-state index contributed by atoms with van der Waals surface area (Å²) in [7, 11) is 0. The standard InChI is InChI=1S/C78H126N14O15/c1-3-5-7-8-9-10-11-12-13-14-15-16-20-35-69(95)83-42-44-105-46-48-107-50-49-106-47-45-104-43-38-70(96)86-63(31-6-4-2)72(98)89-65-37-36-58(93)29-25-40-82-39-24-23-33-62(71(79)97)87-75(101)67(52-57-54-85-61-32-22-21-30-60(57)61)90-73(99)64(34-26-41-84-78(80)81)88-74(100)66(51-56-27-18-17-19-28-56)91-76(102)68-53-59(94)55-92(68)77(65)103/h17-19,21-22,27-28,30,32,54,59,62-68,82,85,94H,3-16,20,23-26,29,31,33-53,55H2,1-2H3,(H2,79,97)(H,83,95)(H,86,96)(H,87,101)(H,88,100)(H,89,98)(H,90,99)(H,91,102)(H4,80,81,84)/t59-,62+,63+,64+,65+,66-,67+,68+/m1/s1. The third kappa shape index (κ3) is 37.1. The van der Waals surface area contributed by atoms with Crippen molar-refractivity contribution in [1.29, 1.82) is 5.41 Å². The van der Waals surface area contributed by atoms with E-state index in [9.17, 15) is 48.3 Å². The number of ketones is 1. The van der Waals surface area contributed by atoms with Crippen LogP contribution in [0.4, 0.5) is 0 Å². The Morgan fingerprint density at radius 2 is 1.19 bits per heavy atom. The quantitative estimate of drug-likeness (QED) is 0.0207. The van der Waals surface area contributed by atoms with Crippen LogP contribution in [0, 0.1) is 5.41 Å². The summed E-state index contributed by atoms with van der Waals surface area (Å²) in [5.74, 6) is -6.46. The molecule has 2 aliphatic heterocycles. The third-order valence-electron chi connectivity index (χ3n) is 19.2. The fourth-order valence-corrected chi connectivity index (χ4v) is 13.1. The van der Waals surface area contributed by atoms with Crippen molar-refractivity contribution in [3.05, 3.63) is 71.9 Å². The van der Waals surface area contributed by atoms with Crippen molar-refractivity contribution in [3.8, 4) is 0 Å². The molecule has 3 heterocycles. The van der Waals surface area contributed by atoms with Crippen molar-refractivity contribution in [2.24, 2.45) is 11.5 Å². The van der Waals surface area contributed by atoms with E-state index in [1.54, 1.807) is 36.5 Å². The first kappa shape index (κ1) is 89.5. The lowest BCUT2D eigenvalue weighted by Gasteiger charge is -2.31. The number of primary amides is 1. The lowest BCUT2D eigenvalue weighted by atomic mass is 10.0. The van der Waals surface area contributed by atoms with Gasteiger partial charge >= 0.3 is 0 Å². The Kier molecular flexibility index (Phi) is 44.9. The first-order chi connectivity index (χ1) is 51.9. The van der Waals surface area contributed by atoms with Gasteiger partial charge in [-0.1, -0.05) is 152 Å². The number of H-pyrrole nitrogens is 1. The summed E-state index contributed by atoms with van der Waals surface area (Å²) in [6, 6.07) is 6.89. The second kappa shape index (κ2) is 53.7. The number of nitrogens with zero attached hydrogens (tertiary/aromatic N) is 1. The number of aromatic amines is 1. The molecule has 0 radical (unpaired) electrons. The van der Waals surface area contributed by atoms with Crippen LogP contribution >= 0.6 is 0 Å². The van der Waals surface area contributed by atoms with Gasteiger partial charge in [0.2, 0.25) is 53.2 Å². The third-order valence-corrected chi connectivity index (χ3v) is 19.2. The molecule has 3 aromatic rings. The highest BCUT2D eigenvalue weighted by atomic mass is 16.6. The van der Waals surface area contributed by atoms with E-state index in [1.807, 2.05) is 31.2 Å². The van der Waals surface area contributed by atoms with Crippen LogP contribution in [0.5, 0.6) is 0 Å². The zero-order valence-corrected chi connectivity index (χ0v) is 63.6. The van der Waals surface area contributed by atoms with E-state index in [-0.39, 0.29) is 121 Å². The number of hydrogen-bond acceptors (Lipinski definition) is 17. The first-order valence-electron chi connectivity index (χ1n) is 39.4. The lowest BCUT2D eigenvalue weighted by Crippen LogP contribution is -2.60. The zero-order valence-electron chi connectivity index (χ0n) is 63.6. The molecule has 0 unspecified atom stereocenters. The number of hydrogen-bond donors (Lipinski definition) is 14. The normalized spacial score (nSPS) is 20.2. The van der Waals surface area contributed by atoms with Gasteiger partial charge in [-0.2, -0.15) is 0 Å². The van der Waals surface area contributed by atoms with Gasteiger partial charge in [-0.15, -0.1) is 0 Å². The number of nitrogens with one attached hydrogen (secondary N) is 11. The molecule has 2 aromatic carbocycles. The molecule has 0 saturated carbocycles. The van der Waals surface area contributed by atoms with Gasteiger partial charge < -0.3 is 93.3 Å². The predicted octanol–water partition coefficient (Wildman–Crippen LogP) is 4.72. The molecule has 2 fully saturated rings. The topological polar surface area (TPSA) is 431 Å². The smallest absolute Gasteiger partial charge is 0.245 e. The predicted molar refractivity (Wildman–Crippen MR) is 409 cm³/mol. The summed E-state index contributed by atoms with van der Waals surface area (Å²) in [6.45, 7) is 7.49. The summed E-state index contributed by atoms with van der Waals surface area (Å²) in [6.07, 6.45) is 19.7. The second-order valence-electron chi connectivity index (χ2n) is 28.1. The second-order valence-corrected chi connectivity index (χ2v) is 28.1. The Hall–Kier alpha value is -8.09. The summed E-state index contributed by atoms with van der Waals surface area (Å²) in [5, 5.41) is 45.4. The first-order valence-corrected chi connectivity index (χ1v) is 39.4. The Morgan fingerprint density at radius 3 is 1.86 bits per heavy atom. The van der Waals surface area contributed by atoms with Crippen LogP contribution in [0.25, 0.3) is 10.9 Å². The van der Waals surface area contributed by atoms with Crippen molar-refractivity contribution in [2.45, 2.75) is 255 Å². The van der Waals surface area contributed by atoms with E-state index in [1.165, 1.54) is 70.6 Å². The van der Waals surface area contributed by atoms with Crippen molar-refractivity contribution < 1.29 is 72.0 Å². The van der Waals surface area contributed by atoms with Crippen LogP contribution in [0.1, 0.15) is 205 Å². The summed E-state index contributed by atoms with van der Waals surface area (Å²) >= 11 is 0. The number of Topliss-reactive ketones (excluding diaryl/α,β-unsaturated/α-hetero) is 1. The monoisotopic (exact) mass is 1500 g/mol. The van der Waals surface area contributed by atoms with Crippen molar-refractivity contribution >= 4 is 75.8 Å². The minimum Gasteiger partial charge on any atom is -0.391 e. The number of carbonyl (C=O) groups is 10. The molecule has 9 amide bonds. The maximum absolute atomic E-state index is 15.1. The fraction of sp³-hybridized carbons (Fsp3) is 0.679. The molecule has 2 aliphatic rings. The highest BCUT2D eigenvalue weighted by Gasteiger charge is 2.43. The summed E-state index contributed by atoms with van der Waals surface area (Å²) in [4.78, 5) is 145. The Labute approximate surface area is 632 Å². The lowest BCUT2D eigenvalue weighted by molar-refractivity contribution is -0.143. The molecular formula is C78H126N14O15. The Morgan fingerprint density at radius 1 is 0.598 bits per heavy atom. The average Bonchev–Trinajstić information content (AvgIpc) is 1.72. The molecule has 598 valence electrons. The molecule has 0 aliphatic carbocycles. The van der Waals surface area contributed by atoms with Crippen LogP contribution in [0.15, 0.2) is 60.8 Å². The van der Waals surface area contributed by atoms with Crippen molar-refractivity contribution in [1.82, 2.24) is 57.7 Å². The number of unbranched alkanes of at least 4 members (excludes halogenated alkanes) is 13. The maximum atomic E-state index is 15.1. The van der Waals surface area contributed by atoms with Gasteiger partial charge in [0.25, 0.3) is 0 Å². The Balaban J connectivity index is 1.18. The summed E-state index contributed by atoms with van der Waals surface area (Å²) < 4.78 is 22.5. The number of aromatic nitrogens is 1. The SMILES string of the molecule is CCCCCCCCCCCCCCCC(=O)NCCOCCOCCOCCOCCC(=O)N[C@@H](CCCC)C(=O)N[C@H]1CCC(=O)CCCNCCCC[C@@H](C(N)=O)NC(=O)[C@H](Cc2c[nH]c3ccccc23)NC(=O)[C@H](CCCNC(=N)N)NC(=O)[C@@H](Cc2ccccc2)NC(=O)[C@@H]2C[C@@H](O)CN2C1=O. The number of ether oxygens (including phenoxy) is 4. The van der Waals surface area contributed by atoms with Crippen molar-refractivity contribution in [2.75, 3.05) is 85.6 Å². The number of nitrogens with two attached hydrogens (primary N) is 2. The van der Waals surface area contributed by atoms with Gasteiger partial charge in [0.05, 0.1) is 59.0 Å². The number of aliphatic hydroxyl groups is 1. The van der Waals surface area contributed by atoms with Gasteiger partial charge in [-0.05, 0) is 88.1 Å². The number of fused-ring (bicyclic) bond motifs is 2. The van der Waals surface area contributed by atoms with Gasteiger partial charge in [-0.25, -0.2) is 0 Å². The van der Waals surface area contributed by atoms with E-state index < -0.39 is 95.7 Å². The van der Waals surface area contributed by atoms with Crippen LogP contribution in [0.3, 0.4) is 0 Å². The van der Waals surface area contributed by atoms with E-state index in [4.69, 9.17) is 35.8 Å². The van der Waals surface area contributed by atoms with Crippen LogP contribution in [-0.4, -0.2) is 214 Å². The Bertz CT molecular complexity index is 3140. The zero-order chi connectivity index (χ0) is 77.2. The van der Waals surface area contributed by atoms with Gasteiger partial charge in [-0.3, -0.25) is 53.4 Å². The molecule has 2 saturated heterocycles. The average molecular weight is 1500 g/mol. The van der Waals surface area contributed by atoms with E-state index in [2.05, 4.69) is 59.8 Å². The molecule has 29 nitrogen and oxygen atoms in total. The highest BCUT2D eigenvalue weighted by Crippen LogP contribution is 2.24. The summed E-state index contributed by atoms with van der Waals surface area (Å²) in [5.41, 5.74) is 13.5. The highest BCUT2D eigenvalue weighted by molar-refractivity contribution is 5.98. The molecule has 29 heteroatoms. The van der Waals surface area contributed by atoms with E-state index >= 15 is 4.79 Å². The molecular weight excluding hydrogens is 1370 g/mol. The minimum atomic E-state index is -1.43. The molecule has 107 heavy (non-hydrogen) atoms. The number of para-hydroxylation sites is 1. The number of amides is 9. The van der Waals surface area contributed by atoms with Crippen LogP contribution in [0.2, 0.25) is 0 Å². The van der Waals surface area contributed by atoms with E-state index in [0.29, 0.717) is 102 Å². The molecule has 5 rings (SSSR count). The fourth-order valence-electron chi connectivity index (χ4n) is 13.1. The maximum Gasteiger partial charge on any atom is 0.245 e. The molecule has 8 atom stereocenters. The largest absolute Gasteiger partial charge is 0.391 e. The molecule has 1 aromatic heterocycles. The number of guanidine groups is 1. The molecule has 0 bridgehead atoms. The van der Waals surface area contributed by atoms with Crippen LogP contribution < -0.4 is 59.3 Å². The number of aliphatic hydroxyl groups excluding tert-OH is 1. The van der Waals surface area contributed by atoms with Gasteiger partial charge in [0.15, 0.2) is 5.96 Å². The number of carbonyl (C=O) groups excluding carboxylic acids is 10. The minimum absolute atomic E-state index is 0.0129. The van der Waals surface area contributed by atoms with Gasteiger partial charge in [0, 0.05) is 81.7 Å². The van der Waals surface area contributed by atoms with Gasteiger partial charge in [0.1, 0.15) is 48.1 Å². The number of benzene rings is 2. The van der Waals surface area contributed by atoms with Crippen LogP contribution in [-0.2, 0) is 79.7 Å².